The minimum Gasteiger partial charge on any atom is -0.324 e. The lowest BCUT2D eigenvalue weighted by Gasteiger charge is -2.18. The summed E-state index contributed by atoms with van der Waals surface area (Å²) in [7, 11) is 1.85. The second-order valence-corrected chi connectivity index (χ2v) is 8.27. The van der Waals surface area contributed by atoms with Gasteiger partial charge in [-0.05, 0) is 42.0 Å². The third-order valence-corrected chi connectivity index (χ3v) is 5.96. The smallest absolute Gasteiger partial charge is 0.234 e. The summed E-state index contributed by atoms with van der Waals surface area (Å²) < 4.78 is 1.99. The Kier molecular flexibility index (Phi) is 5.81. The molecule has 7 nitrogen and oxygen atoms in total. The standard InChI is InChI=1S/C24H19Cl2N7/c1-32(19-8-9-20(25)21(26)12-19)24-28-15-27-23(31-24)30-18-7-10-22-17(11-18)13-29-33(22)14-16-5-3-2-4-6-16/h2-13,15H,14H2,1H3,(H,27,28,30,31). The van der Waals surface area contributed by atoms with Gasteiger partial charge in [0.1, 0.15) is 6.33 Å². The zero-order valence-electron chi connectivity index (χ0n) is 17.7. The summed E-state index contributed by atoms with van der Waals surface area (Å²) in [6, 6.07) is 21.7. The number of rotatable bonds is 6. The molecule has 0 spiro atoms. The first-order valence-electron chi connectivity index (χ1n) is 10.2. The molecule has 1 N–H and O–H groups in total. The molecule has 2 aromatic heterocycles. The molecule has 0 bridgehead atoms. The molecule has 9 heteroatoms. The van der Waals surface area contributed by atoms with E-state index in [-0.39, 0.29) is 0 Å². The van der Waals surface area contributed by atoms with Crippen LogP contribution in [0.5, 0.6) is 0 Å². The number of fused-ring (bicyclic) bond motifs is 1. The quantitative estimate of drug-likeness (QED) is 0.320. The summed E-state index contributed by atoms with van der Waals surface area (Å²) in [5, 5.41) is 9.78. The van der Waals surface area contributed by atoms with E-state index in [1.807, 2.05) is 65.3 Å². The van der Waals surface area contributed by atoms with E-state index in [0.29, 0.717) is 21.9 Å². The van der Waals surface area contributed by atoms with Gasteiger partial charge in [-0.25, -0.2) is 9.97 Å². The van der Waals surface area contributed by atoms with E-state index in [2.05, 4.69) is 37.5 Å². The highest BCUT2D eigenvalue weighted by atomic mass is 35.5. The molecule has 0 radical (unpaired) electrons. The summed E-state index contributed by atoms with van der Waals surface area (Å²) in [5.41, 5.74) is 3.93. The summed E-state index contributed by atoms with van der Waals surface area (Å²) >= 11 is 12.2. The van der Waals surface area contributed by atoms with E-state index in [1.165, 1.54) is 11.9 Å². The molecule has 0 fully saturated rings. The molecule has 164 valence electrons. The average Bonchev–Trinajstić information content (AvgIpc) is 3.23. The Morgan fingerprint density at radius 2 is 1.79 bits per heavy atom. The highest BCUT2D eigenvalue weighted by molar-refractivity contribution is 6.42. The number of anilines is 4. The molecule has 0 saturated heterocycles. The molecule has 0 aliphatic heterocycles. The van der Waals surface area contributed by atoms with Crippen LogP contribution in [0.3, 0.4) is 0 Å². The Morgan fingerprint density at radius 3 is 2.61 bits per heavy atom. The maximum atomic E-state index is 6.15. The number of halogens is 2. The minimum absolute atomic E-state index is 0.433. The van der Waals surface area contributed by atoms with Crippen molar-refractivity contribution in [1.29, 1.82) is 0 Å². The third-order valence-electron chi connectivity index (χ3n) is 5.22. The molecule has 0 atom stereocenters. The van der Waals surface area contributed by atoms with Crippen molar-refractivity contribution in [2.45, 2.75) is 6.54 Å². The van der Waals surface area contributed by atoms with Gasteiger partial charge in [0.25, 0.3) is 0 Å². The lowest BCUT2D eigenvalue weighted by Crippen LogP contribution is -2.14. The van der Waals surface area contributed by atoms with Crippen molar-refractivity contribution < 1.29 is 0 Å². The topological polar surface area (TPSA) is 71.8 Å². The first-order valence-corrected chi connectivity index (χ1v) is 11.0. The minimum atomic E-state index is 0.433. The fourth-order valence-electron chi connectivity index (χ4n) is 3.49. The Labute approximate surface area is 200 Å². The Morgan fingerprint density at radius 1 is 0.939 bits per heavy atom. The average molecular weight is 476 g/mol. The van der Waals surface area contributed by atoms with Gasteiger partial charge >= 0.3 is 0 Å². The van der Waals surface area contributed by atoms with Crippen molar-refractivity contribution >= 4 is 57.4 Å². The summed E-state index contributed by atoms with van der Waals surface area (Å²) in [4.78, 5) is 14.9. The molecule has 0 unspecified atom stereocenters. The molecule has 0 saturated carbocycles. The summed E-state index contributed by atoms with van der Waals surface area (Å²) in [6.07, 6.45) is 3.33. The first-order chi connectivity index (χ1) is 16.1. The number of benzene rings is 3. The van der Waals surface area contributed by atoms with Crippen LogP contribution in [0.15, 0.2) is 79.3 Å². The van der Waals surface area contributed by atoms with Gasteiger partial charge in [0.2, 0.25) is 11.9 Å². The predicted octanol–water partition coefficient (Wildman–Crippen LogP) is 6.09. The van der Waals surface area contributed by atoms with Crippen LogP contribution in [0.25, 0.3) is 10.9 Å². The van der Waals surface area contributed by atoms with E-state index >= 15 is 0 Å². The maximum Gasteiger partial charge on any atom is 0.234 e. The zero-order chi connectivity index (χ0) is 22.8. The van der Waals surface area contributed by atoms with Crippen LogP contribution in [0, 0.1) is 0 Å². The number of aromatic nitrogens is 5. The van der Waals surface area contributed by atoms with Crippen molar-refractivity contribution in [3.05, 3.63) is 94.9 Å². The normalized spacial score (nSPS) is 11.0. The van der Waals surface area contributed by atoms with Crippen LogP contribution in [-0.4, -0.2) is 31.8 Å². The second kappa shape index (κ2) is 9.05. The molecule has 5 aromatic rings. The van der Waals surface area contributed by atoms with E-state index < -0.39 is 0 Å². The van der Waals surface area contributed by atoms with Crippen LogP contribution in [0.4, 0.5) is 23.3 Å². The van der Waals surface area contributed by atoms with Gasteiger partial charge in [0, 0.05) is 23.8 Å². The van der Waals surface area contributed by atoms with Crippen LogP contribution in [0.2, 0.25) is 10.0 Å². The molecule has 0 amide bonds. The molecular weight excluding hydrogens is 457 g/mol. The molecule has 33 heavy (non-hydrogen) atoms. The highest BCUT2D eigenvalue weighted by Crippen LogP contribution is 2.29. The number of hydrogen-bond donors (Lipinski definition) is 1. The lowest BCUT2D eigenvalue weighted by molar-refractivity contribution is 0.712. The van der Waals surface area contributed by atoms with Gasteiger partial charge in [-0.15, -0.1) is 0 Å². The number of nitrogens with one attached hydrogen (secondary N) is 1. The predicted molar refractivity (Wildman–Crippen MR) is 133 cm³/mol. The molecule has 2 heterocycles. The van der Waals surface area contributed by atoms with Gasteiger partial charge in [-0.1, -0.05) is 53.5 Å². The molecule has 0 aliphatic rings. The van der Waals surface area contributed by atoms with Gasteiger partial charge in [0.05, 0.1) is 28.3 Å². The van der Waals surface area contributed by atoms with Crippen molar-refractivity contribution in [1.82, 2.24) is 24.7 Å². The van der Waals surface area contributed by atoms with Gasteiger partial charge in [0.15, 0.2) is 0 Å². The largest absolute Gasteiger partial charge is 0.324 e. The number of nitrogens with zero attached hydrogens (tertiary/aromatic N) is 6. The first kappa shape index (κ1) is 21.2. The van der Waals surface area contributed by atoms with Gasteiger partial charge < -0.3 is 10.2 Å². The maximum absolute atomic E-state index is 6.15. The van der Waals surface area contributed by atoms with Gasteiger partial charge in [-0.2, -0.15) is 10.1 Å². The van der Waals surface area contributed by atoms with Gasteiger partial charge in [-0.3, -0.25) is 4.68 Å². The zero-order valence-corrected chi connectivity index (χ0v) is 19.2. The summed E-state index contributed by atoms with van der Waals surface area (Å²) in [6.45, 7) is 0.717. The molecule has 0 aliphatic carbocycles. The molecule has 5 rings (SSSR count). The Balaban J connectivity index is 1.36. The van der Waals surface area contributed by atoms with Crippen molar-refractivity contribution in [3.63, 3.8) is 0 Å². The van der Waals surface area contributed by atoms with Crippen LogP contribution >= 0.6 is 23.2 Å². The monoisotopic (exact) mass is 475 g/mol. The fourth-order valence-corrected chi connectivity index (χ4v) is 3.79. The number of hydrogen-bond acceptors (Lipinski definition) is 6. The van der Waals surface area contributed by atoms with Crippen LogP contribution in [0.1, 0.15) is 5.56 Å². The van der Waals surface area contributed by atoms with E-state index in [4.69, 9.17) is 23.2 Å². The van der Waals surface area contributed by atoms with E-state index in [0.717, 1.165) is 28.8 Å². The lowest BCUT2D eigenvalue weighted by atomic mass is 10.2. The highest BCUT2D eigenvalue weighted by Gasteiger charge is 2.11. The Bertz CT molecular complexity index is 1420. The van der Waals surface area contributed by atoms with Crippen molar-refractivity contribution in [2.75, 3.05) is 17.3 Å². The fraction of sp³-hybridized carbons (Fsp3) is 0.0833. The molecule has 3 aromatic carbocycles. The van der Waals surface area contributed by atoms with Crippen LogP contribution in [-0.2, 0) is 6.54 Å². The van der Waals surface area contributed by atoms with Crippen LogP contribution < -0.4 is 10.2 Å². The summed E-state index contributed by atoms with van der Waals surface area (Å²) in [5.74, 6) is 0.908. The van der Waals surface area contributed by atoms with Crippen molar-refractivity contribution in [2.24, 2.45) is 0 Å². The van der Waals surface area contributed by atoms with E-state index in [9.17, 15) is 0 Å². The third kappa shape index (κ3) is 4.60. The SMILES string of the molecule is CN(c1ccc(Cl)c(Cl)c1)c1ncnc(Nc2ccc3c(cnn3Cc3ccccc3)c2)n1. The Hall–Kier alpha value is -3.68. The second-order valence-electron chi connectivity index (χ2n) is 7.45. The van der Waals surface area contributed by atoms with Crippen molar-refractivity contribution in [3.8, 4) is 0 Å². The molecular formula is C24H19Cl2N7. The van der Waals surface area contributed by atoms with E-state index in [1.54, 1.807) is 12.1 Å².